The highest BCUT2D eigenvalue weighted by atomic mass is 16.5. The maximum atomic E-state index is 10.6. The van der Waals surface area contributed by atoms with Crippen LogP contribution in [0.2, 0.25) is 0 Å². The SMILES string of the molecule is COc1cc(C=O)c(CNO)cc1O. The van der Waals surface area contributed by atoms with Gasteiger partial charge in [-0.1, -0.05) is 0 Å². The van der Waals surface area contributed by atoms with E-state index in [0.717, 1.165) is 0 Å². The van der Waals surface area contributed by atoms with E-state index in [2.05, 4.69) is 0 Å². The summed E-state index contributed by atoms with van der Waals surface area (Å²) in [5.41, 5.74) is 2.78. The van der Waals surface area contributed by atoms with Gasteiger partial charge in [-0.25, -0.2) is 5.48 Å². The summed E-state index contributed by atoms with van der Waals surface area (Å²) in [6.45, 7) is 0.0889. The molecule has 0 aliphatic heterocycles. The van der Waals surface area contributed by atoms with Gasteiger partial charge in [0.1, 0.15) is 0 Å². The molecule has 76 valence electrons. The topological polar surface area (TPSA) is 78.8 Å². The van der Waals surface area contributed by atoms with E-state index in [1.165, 1.54) is 19.2 Å². The average molecular weight is 197 g/mol. The van der Waals surface area contributed by atoms with E-state index in [1.54, 1.807) is 0 Å². The first-order chi connectivity index (χ1) is 6.72. The quantitative estimate of drug-likeness (QED) is 0.489. The number of hydrogen-bond acceptors (Lipinski definition) is 5. The second-order valence-corrected chi connectivity index (χ2v) is 2.68. The lowest BCUT2D eigenvalue weighted by Crippen LogP contribution is -2.08. The first-order valence-corrected chi connectivity index (χ1v) is 3.95. The van der Waals surface area contributed by atoms with Gasteiger partial charge in [-0.05, 0) is 17.7 Å². The molecule has 1 rings (SSSR count). The summed E-state index contributed by atoms with van der Waals surface area (Å²) in [7, 11) is 1.40. The number of aldehydes is 1. The maximum Gasteiger partial charge on any atom is 0.161 e. The lowest BCUT2D eigenvalue weighted by molar-refractivity contribution is 0.112. The Bertz CT molecular complexity index is 338. The minimum absolute atomic E-state index is 0.0663. The van der Waals surface area contributed by atoms with Crippen LogP contribution in [0.25, 0.3) is 0 Å². The Hall–Kier alpha value is -1.59. The Balaban J connectivity index is 3.16. The van der Waals surface area contributed by atoms with E-state index < -0.39 is 0 Å². The third kappa shape index (κ3) is 2.01. The van der Waals surface area contributed by atoms with E-state index in [4.69, 9.17) is 9.94 Å². The van der Waals surface area contributed by atoms with Crippen LogP contribution in [0.4, 0.5) is 0 Å². The van der Waals surface area contributed by atoms with Crippen LogP contribution in [0.5, 0.6) is 11.5 Å². The normalized spacial score (nSPS) is 9.86. The number of phenolic OH excluding ortho intramolecular Hbond substituents is 1. The molecule has 0 unspecified atom stereocenters. The van der Waals surface area contributed by atoms with Crippen LogP contribution in [0, 0.1) is 0 Å². The second-order valence-electron chi connectivity index (χ2n) is 2.68. The number of hydrogen-bond donors (Lipinski definition) is 3. The Morgan fingerprint density at radius 1 is 1.57 bits per heavy atom. The number of phenols is 1. The summed E-state index contributed by atoms with van der Waals surface area (Å²) in [5, 5.41) is 17.9. The van der Waals surface area contributed by atoms with Crippen molar-refractivity contribution in [3.63, 3.8) is 0 Å². The summed E-state index contributed by atoms with van der Waals surface area (Å²) in [5.74, 6) is 0.164. The van der Waals surface area contributed by atoms with Gasteiger partial charge in [0.25, 0.3) is 0 Å². The molecule has 5 nitrogen and oxygen atoms in total. The summed E-state index contributed by atoms with van der Waals surface area (Å²) in [6, 6.07) is 2.78. The second kappa shape index (κ2) is 4.59. The molecule has 0 aromatic heterocycles. The third-order valence-corrected chi connectivity index (χ3v) is 1.84. The van der Waals surface area contributed by atoms with Gasteiger partial charge in [-0.15, -0.1) is 0 Å². The molecule has 14 heavy (non-hydrogen) atoms. The standard InChI is InChI=1S/C9H11NO4/c1-14-9-3-7(5-11)6(4-10-13)2-8(9)12/h2-3,5,10,12-13H,4H2,1H3. The largest absolute Gasteiger partial charge is 0.504 e. The van der Waals surface area contributed by atoms with Crippen molar-refractivity contribution in [1.82, 2.24) is 5.48 Å². The fraction of sp³-hybridized carbons (Fsp3) is 0.222. The van der Waals surface area contributed by atoms with E-state index in [0.29, 0.717) is 17.4 Å². The molecular weight excluding hydrogens is 186 g/mol. The van der Waals surface area contributed by atoms with E-state index in [-0.39, 0.29) is 18.0 Å². The Morgan fingerprint density at radius 2 is 2.29 bits per heavy atom. The number of benzene rings is 1. The summed E-state index contributed by atoms with van der Waals surface area (Å²) >= 11 is 0. The molecule has 3 N–H and O–H groups in total. The molecule has 0 spiro atoms. The van der Waals surface area contributed by atoms with Crippen LogP contribution < -0.4 is 10.2 Å². The molecule has 0 aliphatic carbocycles. The number of rotatable bonds is 4. The summed E-state index contributed by atoms with van der Waals surface area (Å²) in [6.07, 6.45) is 0.634. The van der Waals surface area contributed by atoms with Gasteiger partial charge in [0.15, 0.2) is 17.8 Å². The minimum atomic E-state index is -0.0663. The molecule has 1 aromatic rings. The Morgan fingerprint density at radius 3 is 2.79 bits per heavy atom. The van der Waals surface area contributed by atoms with Crippen molar-refractivity contribution in [1.29, 1.82) is 0 Å². The highest BCUT2D eigenvalue weighted by Gasteiger charge is 2.08. The van der Waals surface area contributed by atoms with E-state index in [1.807, 2.05) is 5.48 Å². The van der Waals surface area contributed by atoms with Gasteiger partial charge in [-0.2, -0.15) is 0 Å². The Kier molecular flexibility index (Phi) is 3.44. The molecule has 0 saturated heterocycles. The average Bonchev–Trinajstić information content (AvgIpc) is 2.19. The van der Waals surface area contributed by atoms with Crippen LogP contribution in [0.3, 0.4) is 0 Å². The molecule has 0 radical (unpaired) electrons. The molecule has 0 amide bonds. The zero-order valence-corrected chi connectivity index (χ0v) is 7.65. The number of aromatic hydroxyl groups is 1. The maximum absolute atomic E-state index is 10.6. The van der Waals surface area contributed by atoms with E-state index in [9.17, 15) is 9.90 Å². The number of nitrogens with one attached hydrogen (secondary N) is 1. The van der Waals surface area contributed by atoms with Gasteiger partial charge in [0.05, 0.1) is 7.11 Å². The molecule has 0 heterocycles. The van der Waals surface area contributed by atoms with Crippen LogP contribution in [-0.2, 0) is 6.54 Å². The lowest BCUT2D eigenvalue weighted by atomic mass is 10.1. The number of carbonyl (C=O) groups is 1. The molecule has 1 aromatic carbocycles. The summed E-state index contributed by atoms with van der Waals surface area (Å²) in [4.78, 5) is 10.6. The van der Waals surface area contributed by atoms with Gasteiger partial charge in [0, 0.05) is 12.1 Å². The molecular formula is C9H11NO4. The molecule has 0 atom stereocenters. The monoisotopic (exact) mass is 197 g/mol. The number of methoxy groups -OCH3 is 1. The molecule has 0 fully saturated rings. The molecule has 5 heteroatoms. The van der Waals surface area contributed by atoms with Gasteiger partial charge in [-0.3, -0.25) is 4.79 Å². The predicted molar refractivity (Wildman–Crippen MR) is 48.7 cm³/mol. The third-order valence-electron chi connectivity index (χ3n) is 1.84. The van der Waals surface area contributed by atoms with Crippen molar-refractivity contribution < 1.29 is 19.8 Å². The number of hydroxylamine groups is 1. The van der Waals surface area contributed by atoms with Crippen molar-refractivity contribution in [3.05, 3.63) is 23.3 Å². The van der Waals surface area contributed by atoms with Gasteiger partial charge >= 0.3 is 0 Å². The molecule has 0 aliphatic rings. The van der Waals surface area contributed by atoms with Crippen molar-refractivity contribution in [2.45, 2.75) is 6.54 Å². The van der Waals surface area contributed by atoms with Crippen molar-refractivity contribution in [2.24, 2.45) is 0 Å². The van der Waals surface area contributed by atoms with Crippen molar-refractivity contribution in [3.8, 4) is 11.5 Å². The first kappa shape index (κ1) is 10.5. The van der Waals surface area contributed by atoms with Crippen LogP contribution in [0.1, 0.15) is 15.9 Å². The van der Waals surface area contributed by atoms with Crippen LogP contribution in [-0.4, -0.2) is 23.7 Å². The van der Waals surface area contributed by atoms with Crippen molar-refractivity contribution in [2.75, 3.05) is 7.11 Å². The highest BCUT2D eigenvalue weighted by molar-refractivity contribution is 5.79. The predicted octanol–water partition coefficient (Wildman–Crippen LogP) is 0.692. The molecule has 0 bridgehead atoms. The van der Waals surface area contributed by atoms with Crippen LogP contribution in [0.15, 0.2) is 12.1 Å². The lowest BCUT2D eigenvalue weighted by Gasteiger charge is -2.08. The van der Waals surface area contributed by atoms with Gasteiger partial charge < -0.3 is 15.1 Å². The van der Waals surface area contributed by atoms with Crippen molar-refractivity contribution >= 4 is 6.29 Å². The Labute approximate surface area is 80.9 Å². The summed E-state index contributed by atoms with van der Waals surface area (Å²) < 4.78 is 4.83. The fourth-order valence-corrected chi connectivity index (χ4v) is 1.14. The van der Waals surface area contributed by atoms with E-state index >= 15 is 0 Å². The smallest absolute Gasteiger partial charge is 0.161 e. The van der Waals surface area contributed by atoms with Gasteiger partial charge in [0.2, 0.25) is 0 Å². The number of ether oxygens (including phenoxy) is 1. The first-order valence-electron chi connectivity index (χ1n) is 3.95. The zero-order valence-electron chi connectivity index (χ0n) is 7.65. The minimum Gasteiger partial charge on any atom is -0.504 e. The fourth-order valence-electron chi connectivity index (χ4n) is 1.14. The zero-order chi connectivity index (χ0) is 10.6. The van der Waals surface area contributed by atoms with Crippen LogP contribution >= 0.6 is 0 Å². The highest BCUT2D eigenvalue weighted by Crippen LogP contribution is 2.28. The molecule has 0 saturated carbocycles. The number of carbonyl (C=O) groups excluding carboxylic acids is 1.